The van der Waals surface area contributed by atoms with Crippen LogP contribution in [0.25, 0.3) is 11.0 Å². The number of nitrogens with one attached hydrogen (secondary N) is 2. The van der Waals surface area contributed by atoms with Crippen LogP contribution in [0.2, 0.25) is 0 Å². The standard InChI is InChI=1S/C23H24N6O2/c1-15-8-9-16(14-18(15)27-23(31)20-10-13-25-29(20)3)22(30)24-12-11-21-26-17-6-4-5-7-19(17)28(21)2/h4-10,13-14H,11-12H2,1-3H3,(H,24,30)(H,27,31). The number of para-hydroxylation sites is 2. The van der Waals surface area contributed by atoms with Crippen molar-refractivity contribution in [2.45, 2.75) is 13.3 Å². The van der Waals surface area contributed by atoms with E-state index in [0.29, 0.717) is 29.9 Å². The van der Waals surface area contributed by atoms with E-state index in [1.165, 1.54) is 4.68 Å². The molecule has 4 rings (SSSR count). The molecule has 0 aliphatic carbocycles. The average molecular weight is 416 g/mol. The third-order valence-corrected chi connectivity index (χ3v) is 5.32. The van der Waals surface area contributed by atoms with Gasteiger partial charge in [0, 0.05) is 44.5 Å². The lowest BCUT2D eigenvalue weighted by Crippen LogP contribution is -2.26. The lowest BCUT2D eigenvalue weighted by Gasteiger charge is -2.11. The number of amides is 2. The molecule has 31 heavy (non-hydrogen) atoms. The maximum atomic E-state index is 12.7. The molecular weight excluding hydrogens is 392 g/mol. The van der Waals surface area contributed by atoms with Crippen molar-refractivity contribution in [3.63, 3.8) is 0 Å². The van der Waals surface area contributed by atoms with Gasteiger partial charge in [-0.05, 0) is 42.8 Å². The van der Waals surface area contributed by atoms with Gasteiger partial charge in [0.15, 0.2) is 0 Å². The van der Waals surface area contributed by atoms with Crippen LogP contribution in [-0.4, -0.2) is 37.7 Å². The molecule has 2 aromatic carbocycles. The highest BCUT2D eigenvalue weighted by atomic mass is 16.2. The number of carbonyl (C=O) groups excluding carboxylic acids is 2. The maximum Gasteiger partial charge on any atom is 0.273 e. The number of aryl methyl sites for hydroxylation is 3. The Balaban J connectivity index is 1.41. The Morgan fingerprint density at radius 1 is 1.03 bits per heavy atom. The molecule has 4 aromatic rings. The van der Waals surface area contributed by atoms with Crippen LogP contribution >= 0.6 is 0 Å². The minimum atomic E-state index is -0.275. The van der Waals surface area contributed by atoms with E-state index >= 15 is 0 Å². The van der Waals surface area contributed by atoms with Gasteiger partial charge in [0.1, 0.15) is 11.5 Å². The van der Waals surface area contributed by atoms with E-state index in [0.717, 1.165) is 22.4 Å². The number of benzene rings is 2. The van der Waals surface area contributed by atoms with E-state index < -0.39 is 0 Å². The van der Waals surface area contributed by atoms with Crippen molar-refractivity contribution < 1.29 is 9.59 Å². The summed E-state index contributed by atoms with van der Waals surface area (Å²) < 4.78 is 3.54. The van der Waals surface area contributed by atoms with Gasteiger partial charge in [-0.1, -0.05) is 18.2 Å². The van der Waals surface area contributed by atoms with Gasteiger partial charge in [-0.25, -0.2) is 4.98 Å². The second kappa shape index (κ2) is 8.43. The molecule has 0 saturated carbocycles. The summed E-state index contributed by atoms with van der Waals surface area (Å²) in [7, 11) is 3.68. The average Bonchev–Trinajstić information content (AvgIpc) is 3.33. The molecule has 0 saturated heterocycles. The van der Waals surface area contributed by atoms with Crippen LogP contribution in [0, 0.1) is 6.92 Å². The summed E-state index contributed by atoms with van der Waals surface area (Å²) >= 11 is 0. The van der Waals surface area contributed by atoms with Crippen molar-refractivity contribution in [1.29, 1.82) is 0 Å². The van der Waals surface area contributed by atoms with Crippen LogP contribution in [0.15, 0.2) is 54.7 Å². The Morgan fingerprint density at radius 2 is 1.84 bits per heavy atom. The summed E-state index contributed by atoms with van der Waals surface area (Å²) in [5.74, 6) is 0.437. The molecule has 0 aliphatic heterocycles. The highest BCUT2D eigenvalue weighted by Gasteiger charge is 2.14. The second-order valence-electron chi connectivity index (χ2n) is 7.41. The summed E-state index contributed by atoms with van der Waals surface area (Å²) in [6, 6.07) is 14.8. The summed E-state index contributed by atoms with van der Waals surface area (Å²) in [4.78, 5) is 29.8. The third-order valence-electron chi connectivity index (χ3n) is 5.32. The van der Waals surface area contributed by atoms with Crippen LogP contribution in [0.3, 0.4) is 0 Å². The Labute approximate surface area is 179 Å². The molecule has 158 valence electrons. The molecule has 2 heterocycles. The number of carbonyl (C=O) groups is 2. The summed E-state index contributed by atoms with van der Waals surface area (Å²) in [6.07, 6.45) is 2.18. The van der Waals surface area contributed by atoms with E-state index in [1.54, 1.807) is 31.4 Å². The first kappa shape index (κ1) is 20.3. The molecule has 2 amide bonds. The summed E-state index contributed by atoms with van der Waals surface area (Å²) in [5, 5.41) is 9.81. The van der Waals surface area contributed by atoms with Gasteiger partial charge in [0.05, 0.1) is 11.0 Å². The van der Waals surface area contributed by atoms with Gasteiger partial charge in [0.2, 0.25) is 0 Å². The third kappa shape index (κ3) is 4.18. The molecule has 8 nitrogen and oxygen atoms in total. The molecule has 8 heteroatoms. The van der Waals surface area contributed by atoms with E-state index in [-0.39, 0.29) is 11.8 Å². The maximum absolute atomic E-state index is 12.7. The highest BCUT2D eigenvalue weighted by Crippen LogP contribution is 2.18. The van der Waals surface area contributed by atoms with Gasteiger partial charge >= 0.3 is 0 Å². The van der Waals surface area contributed by atoms with Crippen molar-refractivity contribution in [3.05, 3.63) is 77.4 Å². The number of hydrogen-bond donors (Lipinski definition) is 2. The molecule has 0 bridgehead atoms. The van der Waals surface area contributed by atoms with Crippen LogP contribution in [0.1, 0.15) is 32.2 Å². The van der Waals surface area contributed by atoms with E-state index in [1.807, 2.05) is 48.9 Å². The van der Waals surface area contributed by atoms with Crippen LogP contribution in [-0.2, 0) is 20.5 Å². The van der Waals surface area contributed by atoms with Crippen LogP contribution < -0.4 is 10.6 Å². The zero-order valence-electron chi connectivity index (χ0n) is 17.7. The number of aromatic nitrogens is 4. The number of anilines is 1. The first-order valence-electron chi connectivity index (χ1n) is 10.0. The van der Waals surface area contributed by atoms with Gasteiger partial charge in [-0.15, -0.1) is 0 Å². The fourth-order valence-corrected chi connectivity index (χ4v) is 3.49. The molecule has 0 aliphatic rings. The first-order valence-corrected chi connectivity index (χ1v) is 10.0. The Bertz CT molecular complexity index is 1270. The normalized spacial score (nSPS) is 10.9. The van der Waals surface area contributed by atoms with Crippen molar-refractivity contribution in [3.8, 4) is 0 Å². The first-order chi connectivity index (χ1) is 14.9. The Hall–Kier alpha value is -3.94. The number of nitrogens with zero attached hydrogens (tertiary/aromatic N) is 4. The number of fused-ring (bicyclic) bond motifs is 1. The molecule has 0 atom stereocenters. The lowest BCUT2D eigenvalue weighted by atomic mass is 10.1. The molecule has 2 N–H and O–H groups in total. The molecule has 2 aromatic heterocycles. The summed E-state index contributed by atoms with van der Waals surface area (Å²) in [5.41, 5.74) is 4.39. The van der Waals surface area contributed by atoms with E-state index in [9.17, 15) is 9.59 Å². The van der Waals surface area contributed by atoms with Crippen molar-refractivity contribution in [2.24, 2.45) is 14.1 Å². The fourth-order valence-electron chi connectivity index (χ4n) is 3.49. The minimum absolute atomic E-state index is 0.199. The second-order valence-corrected chi connectivity index (χ2v) is 7.41. The number of imidazole rings is 1. The molecular formula is C23H24N6O2. The van der Waals surface area contributed by atoms with Gasteiger partial charge in [0.25, 0.3) is 11.8 Å². The SMILES string of the molecule is Cc1ccc(C(=O)NCCc2nc3ccccc3n2C)cc1NC(=O)c1ccnn1C. The summed E-state index contributed by atoms with van der Waals surface area (Å²) in [6.45, 7) is 2.34. The Morgan fingerprint density at radius 3 is 2.58 bits per heavy atom. The predicted octanol–water partition coefficient (Wildman–Crippen LogP) is 2.84. The molecule has 0 spiro atoms. The smallest absolute Gasteiger partial charge is 0.273 e. The zero-order chi connectivity index (χ0) is 22.0. The highest BCUT2D eigenvalue weighted by molar-refractivity contribution is 6.04. The monoisotopic (exact) mass is 416 g/mol. The quantitative estimate of drug-likeness (QED) is 0.505. The fraction of sp³-hybridized carbons (Fsp3) is 0.217. The number of rotatable bonds is 6. The largest absolute Gasteiger partial charge is 0.352 e. The number of hydrogen-bond acceptors (Lipinski definition) is 4. The molecule has 0 radical (unpaired) electrons. The van der Waals surface area contributed by atoms with Crippen LogP contribution in [0.4, 0.5) is 5.69 Å². The van der Waals surface area contributed by atoms with Gasteiger partial charge in [-0.2, -0.15) is 5.10 Å². The van der Waals surface area contributed by atoms with E-state index in [4.69, 9.17) is 0 Å². The minimum Gasteiger partial charge on any atom is -0.352 e. The predicted molar refractivity (Wildman–Crippen MR) is 119 cm³/mol. The zero-order valence-corrected chi connectivity index (χ0v) is 17.7. The van der Waals surface area contributed by atoms with Crippen molar-refractivity contribution in [2.75, 3.05) is 11.9 Å². The topological polar surface area (TPSA) is 93.8 Å². The molecule has 0 fully saturated rings. The Kier molecular flexibility index (Phi) is 5.53. The van der Waals surface area contributed by atoms with Gasteiger partial charge < -0.3 is 15.2 Å². The van der Waals surface area contributed by atoms with Crippen molar-refractivity contribution >= 4 is 28.5 Å². The van der Waals surface area contributed by atoms with Crippen LogP contribution in [0.5, 0.6) is 0 Å². The van der Waals surface area contributed by atoms with Gasteiger partial charge in [-0.3, -0.25) is 14.3 Å². The lowest BCUT2D eigenvalue weighted by molar-refractivity contribution is 0.0952. The van der Waals surface area contributed by atoms with Crippen molar-refractivity contribution in [1.82, 2.24) is 24.6 Å². The molecule has 0 unspecified atom stereocenters. The van der Waals surface area contributed by atoms with E-state index in [2.05, 4.69) is 20.7 Å².